The molecule has 0 atom stereocenters. The minimum atomic E-state index is 0.295. The molecule has 0 aromatic carbocycles. The van der Waals surface area contributed by atoms with E-state index in [-0.39, 0.29) is 0 Å². The van der Waals surface area contributed by atoms with Gasteiger partial charge in [-0.15, -0.1) is 0 Å². The highest BCUT2D eigenvalue weighted by atomic mass is 16.5. The van der Waals surface area contributed by atoms with Gasteiger partial charge in [0.15, 0.2) is 0 Å². The molecule has 0 fully saturated rings. The summed E-state index contributed by atoms with van der Waals surface area (Å²) in [5.74, 6) is 0.295. The van der Waals surface area contributed by atoms with Gasteiger partial charge in [-0.3, -0.25) is 0 Å². The summed E-state index contributed by atoms with van der Waals surface area (Å²) < 4.78 is 5.10. The monoisotopic (exact) mass is 259 g/mol. The quantitative estimate of drug-likeness (QED) is 0.185. The fourth-order valence-corrected chi connectivity index (χ4v) is 1.82. The number of rotatable bonds is 12. The molecule has 18 heavy (non-hydrogen) atoms. The first-order chi connectivity index (χ1) is 8.74. The van der Waals surface area contributed by atoms with Crippen molar-refractivity contribution < 1.29 is 9.94 Å². The first kappa shape index (κ1) is 17.2. The Morgan fingerprint density at radius 2 is 1.89 bits per heavy atom. The largest absolute Gasteiger partial charge is 0.409 e. The summed E-state index contributed by atoms with van der Waals surface area (Å²) in [5.41, 5.74) is 5.49. The molecule has 5 nitrogen and oxygen atoms in total. The van der Waals surface area contributed by atoms with Crippen molar-refractivity contribution in [1.82, 2.24) is 4.90 Å². The zero-order valence-corrected chi connectivity index (χ0v) is 11.9. The van der Waals surface area contributed by atoms with Gasteiger partial charge < -0.3 is 20.6 Å². The summed E-state index contributed by atoms with van der Waals surface area (Å²) >= 11 is 0. The van der Waals surface area contributed by atoms with E-state index in [2.05, 4.69) is 17.0 Å². The zero-order chi connectivity index (χ0) is 13.6. The minimum Gasteiger partial charge on any atom is -0.409 e. The lowest BCUT2D eigenvalue weighted by Crippen LogP contribution is -2.32. The summed E-state index contributed by atoms with van der Waals surface area (Å²) in [6.07, 6.45) is 7.00. The van der Waals surface area contributed by atoms with Crippen LogP contribution in [0.1, 0.15) is 45.4 Å². The Morgan fingerprint density at radius 1 is 1.17 bits per heavy atom. The molecule has 0 aliphatic rings. The van der Waals surface area contributed by atoms with E-state index in [1.165, 1.54) is 32.1 Å². The second kappa shape index (κ2) is 12.6. The van der Waals surface area contributed by atoms with Gasteiger partial charge in [-0.25, -0.2) is 0 Å². The van der Waals surface area contributed by atoms with Gasteiger partial charge in [0.05, 0.1) is 6.61 Å². The van der Waals surface area contributed by atoms with Crippen LogP contribution < -0.4 is 5.73 Å². The molecule has 108 valence electrons. The van der Waals surface area contributed by atoms with Crippen molar-refractivity contribution in [2.45, 2.75) is 45.4 Å². The lowest BCUT2D eigenvalue weighted by Gasteiger charge is -2.21. The van der Waals surface area contributed by atoms with E-state index in [0.717, 1.165) is 26.2 Å². The Kier molecular flexibility index (Phi) is 12.1. The third kappa shape index (κ3) is 10.4. The first-order valence-corrected chi connectivity index (χ1v) is 6.92. The van der Waals surface area contributed by atoms with Crippen molar-refractivity contribution >= 4 is 5.84 Å². The Balaban J connectivity index is 3.76. The molecule has 0 unspecified atom stereocenters. The van der Waals surface area contributed by atoms with Gasteiger partial charge in [0, 0.05) is 26.6 Å². The van der Waals surface area contributed by atoms with Gasteiger partial charge in [-0.05, 0) is 13.0 Å². The second-order valence-corrected chi connectivity index (χ2v) is 4.59. The fraction of sp³-hybridized carbons (Fsp3) is 0.923. The highest BCUT2D eigenvalue weighted by Gasteiger charge is 2.05. The van der Waals surface area contributed by atoms with Crippen LogP contribution in [-0.4, -0.2) is 49.3 Å². The first-order valence-electron chi connectivity index (χ1n) is 6.92. The van der Waals surface area contributed by atoms with E-state index in [9.17, 15) is 0 Å². The van der Waals surface area contributed by atoms with Crippen LogP contribution in [0, 0.1) is 0 Å². The maximum absolute atomic E-state index is 8.52. The molecular formula is C13H29N3O2. The molecule has 0 aromatic rings. The van der Waals surface area contributed by atoms with Crippen molar-refractivity contribution in [2.75, 3.05) is 33.4 Å². The summed E-state index contributed by atoms with van der Waals surface area (Å²) in [6, 6.07) is 0. The maximum Gasteiger partial charge on any atom is 0.140 e. The topological polar surface area (TPSA) is 71.1 Å². The average Bonchev–Trinajstić information content (AvgIpc) is 2.40. The molecule has 3 N–H and O–H groups in total. The lowest BCUT2D eigenvalue weighted by molar-refractivity contribution is 0.147. The summed E-state index contributed by atoms with van der Waals surface area (Å²) in [5, 5.41) is 11.5. The Bertz CT molecular complexity index is 210. The fourth-order valence-electron chi connectivity index (χ4n) is 1.82. The van der Waals surface area contributed by atoms with Crippen molar-refractivity contribution in [3.05, 3.63) is 0 Å². The van der Waals surface area contributed by atoms with Crippen molar-refractivity contribution in [3.8, 4) is 0 Å². The summed E-state index contributed by atoms with van der Waals surface area (Å²) in [6.45, 7) is 5.74. The third-order valence-corrected chi connectivity index (χ3v) is 3.00. The highest BCUT2D eigenvalue weighted by molar-refractivity contribution is 5.79. The van der Waals surface area contributed by atoms with E-state index < -0.39 is 0 Å². The van der Waals surface area contributed by atoms with Crippen LogP contribution in [0.5, 0.6) is 0 Å². The number of methoxy groups -OCH3 is 1. The minimum absolute atomic E-state index is 0.295. The molecule has 5 heteroatoms. The summed E-state index contributed by atoms with van der Waals surface area (Å²) in [7, 11) is 1.71. The predicted molar refractivity (Wildman–Crippen MR) is 75.1 cm³/mol. The zero-order valence-electron chi connectivity index (χ0n) is 11.9. The number of ether oxygens (including phenoxy) is 1. The summed E-state index contributed by atoms with van der Waals surface area (Å²) in [4.78, 5) is 2.31. The van der Waals surface area contributed by atoms with Crippen LogP contribution in [0.4, 0.5) is 0 Å². The van der Waals surface area contributed by atoms with E-state index in [1.807, 2.05) is 0 Å². The number of nitrogens with two attached hydrogens (primary N) is 1. The number of oxime groups is 1. The van der Waals surface area contributed by atoms with E-state index in [0.29, 0.717) is 12.3 Å². The number of unbranched alkanes of at least 4 members (excludes halogenated alkanes) is 4. The number of nitrogens with zero attached hydrogens (tertiary/aromatic N) is 2. The van der Waals surface area contributed by atoms with Gasteiger partial charge >= 0.3 is 0 Å². The third-order valence-electron chi connectivity index (χ3n) is 3.00. The van der Waals surface area contributed by atoms with Crippen molar-refractivity contribution in [2.24, 2.45) is 10.9 Å². The Hall–Kier alpha value is -0.810. The van der Waals surface area contributed by atoms with E-state index in [4.69, 9.17) is 15.7 Å². The van der Waals surface area contributed by atoms with Gasteiger partial charge in [0.2, 0.25) is 0 Å². The molecule has 0 bridgehead atoms. The molecule has 0 heterocycles. The normalized spacial score (nSPS) is 12.3. The molecule has 0 spiro atoms. The van der Waals surface area contributed by atoms with Crippen LogP contribution in [0.15, 0.2) is 5.16 Å². The molecule has 0 radical (unpaired) electrons. The number of hydrogen-bond acceptors (Lipinski definition) is 4. The van der Waals surface area contributed by atoms with Crippen LogP contribution in [-0.2, 0) is 4.74 Å². The van der Waals surface area contributed by atoms with Gasteiger partial charge in [-0.1, -0.05) is 37.8 Å². The lowest BCUT2D eigenvalue weighted by atomic mass is 10.1. The van der Waals surface area contributed by atoms with Gasteiger partial charge in [0.1, 0.15) is 5.84 Å². The molecule has 0 aliphatic carbocycles. The molecular weight excluding hydrogens is 230 g/mol. The average molecular weight is 259 g/mol. The molecule has 0 saturated heterocycles. The molecule has 0 aromatic heterocycles. The van der Waals surface area contributed by atoms with Crippen LogP contribution in [0.3, 0.4) is 0 Å². The van der Waals surface area contributed by atoms with Crippen LogP contribution >= 0.6 is 0 Å². The molecule has 0 saturated carbocycles. The smallest absolute Gasteiger partial charge is 0.140 e. The molecule has 0 aliphatic heterocycles. The Morgan fingerprint density at radius 3 is 2.50 bits per heavy atom. The molecule has 0 rings (SSSR count). The van der Waals surface area contributed by atoms with Crippen molar-refractivity contribution in [1.29, 1.82) is 0 Å². The standard InChI is InChI=1S/C13H29N3O2/c1-3-4-5-6-7-9-16(11-12-18-2)10-8-13(14)15-17/h17H,3-12H2,1-2H3,(H2,14,15). The number of hydrogen-bond donors (Lipinski definition) is 2. The van der Waals surface area contributed by atoms with Gasteiger partial charge in [-0.2, -0.15) is 0 Å². The SMILES string of the molecule is CCCCCCCN(CCOC)CCC(N)=NO. The van der Waals surface area contributed by atoms with Gasteiger partial charge in [0.25, 0.3) is 0 Å². The molecule has 0 amide bonds. The van der Waals surface area contributed by atoms with E-state index in [1.54, 1.807) is 7.11 Å². The predicted octanol–water partition coefficient (Wildman–Crippen LogP) is 2.04. The van der Waals surface area contributed by atoms with Crippen LogP contribution in [0.25, 0.3) is 0 Å². The highest BCUT2D eigenvalue weighted by Crippen LogP contribution is 2.04. The second-order valence-electron chi connectivity index (χ2n) is 4.59. The maximum atomic E-state index is 8.52. The Labute approximate surface area is 111 Å². The van der Waals surface area contributed by atoms with Crippen molar-refractivity contribution in [3.63, 3.8) is 0 Å². The van der Waals surface area contributed by atoms with Crippen LogP contribution in [0.2, 0.25) is 0 Å². The number of amidine groups is 1. The van der Waals surface area contributed by atoms with E-state index >= 15 is 0 Å².